The summed E-state index contributed by atoms with van der Waals surface area (Å²) < 4.78 is 126. The topological polar surface area (TPSA) is 32.3 Å². The average Bonchev–Trinajstić information content (AvgIpc) is 3.03. The molecular formula is C16H24N2O. The molecule has 19 heavy (non-hydrogen) atoms. The summed E-state index contributed by atoms with van der Waals surface area (Å²) in [5.74, 6) is -0.483. The molecule has 0 fully saturated rings. The van der Waals surface area contributed by atoms with Gasteiger partial charge in [0.1, 0.15) is 0 Å². The number of benzene rings is 1. The smallest absolute Gasteiger partial charge is 0.228 e. The first-order valence-electron chi connectivity index (χ1n) is 13.5. The first-order chi connectivity index (χ1) is 15.3. The van der Waals surface area contributed by atoms with Gasteiger partial charge in [0, 0.05) is 34.2 Å². The Labute approximate surface area is 138 Å². The normalized spacial score (nSPS) is 31.3. The lowest BCUT2D eigenvalue weighted by atomic mass is 10.0. The van der Waals surface area contributed by atoms with Gasteiger partial charge in [-0.3, -0.25) is 4.79 Å². The second kappa shape index (κ2) is 6.71. The van der Waals surface area contributed by atoms with Crippen LogP contribution >= 0.6 is 0 Å². The Morgan fingerprint density at radius 1 is 1.37 bits per heavy atom. The molecule has 1 N–H and O–H groups in total. The summed E-state index contributed by atoms with van der Waals surface area (Å²) in [6.45, 7) is -16.8. The summed E-state index contributed by atoms with van der Waals surface area (Å²) in [5, 5.41) is 2.48. The summed E-state index contributed by atoms with van der Waals surface area (Å²) in [6.07, 6.45) is -10.9. The molecule has 0 aromatic heterocycles. The van der Waals surface area contributed by atoms with Crippen LogP contribution in [0.4, 0.5) is 5.69 Å². The third-order valence-electron chi connectivity index (χ3n) is 2.60. The highest BCUT2D eigenvalue weighted by atomic mass is 16.1. The molecule has 0 atom stereocenters. The van der Waals surface area contributed by atoms with E-state index in [2.05, 4.69) is 5.32 Å². The van der Waals surface area contributed by atoms with E-state index < -0.39 is 58.3 Å². The number of carbonyl (C=O) groups excluding carboxylic acids is 1. The molecule has 3 heteroatoms. The molecular weight excluding hydrogens is 236 g/mol. The number of hydrogen-bond donors (Lipinski definition) is 1. The highest BCUT2D eigenvalue weighted by molar-refractivity contribution is 5.99. The average molecular weight is 276 g/mol. The van der Waals surface area contributed by atoms with Crippen molar-refractivity contribution < 1.29 is 26.7 Å². The minimum absolute atomic E-state index is 0.140. The highest BCUT2D eigenvalue weighted by Gasteiger charge is 2.20. The van der Waals surface area contributed by atoms with Crippen molar-refractivity contribution in [2.24, 2.45) is 0 Å². The molecule has 0 bridgehead atoms. The lowest BCUT2D eigenvalue weighted by Gasteiger charge is -2.21. The Balaban J connectivity index is 2.75. The summed E-state index contributed by atoms with van der Waals surface area (Å²) in [7, 11) is 0. The number of rotatable bonds is 7. The van der Waals surface area contributed by atoms with Gasteiger partial charge in [-0.1, -0.05) is 25.8 Å². The van der Waals surface area contributed by atoms with Crippen molar-refractivity contribution in [3.05, 3.63) is 29.3 Å². The standard InChI is InChI=1S/C16H24N2O/c1-3-9-18(10-4-2)11-8-13-6-5-7-15-14(13)12-16(19)17-15/h5-7H,3-4,8-12H2,1-2H3,(H,17,19)/i1D3,2D3,3D2,4D2,8D2,9D2,10D2. The Hall–Kier alpha value is -1.35. The molecule has 0 radical (unpaired) electrons. The maximum absolute atomic E-state index is 11.8. The molecule has 2 rings (SSSR count). The molecule has 0 saturated heterocycles. The van der Waals surface area contributed by atoms with Crippen molar-refractivity contribution in [2.45, 2.75) is 39.2 Å². The fourth-order valence-electron chi connectivity index (χ4n) is 1.82. The highest BCUT2D eigenvalue weighted by Crippen LogP contribution is 2.26. The number of nitrogens with zero attached hydrogens (tertiary/aromatic N) is 1. The first-order valence-corrected chi connectivity index (χ1v) is 5.52. The van der Waals surface area contributed by atoms with E-state index in [9.17, 15) is 4.79 Å². The lowest BCUT2D eigenvalue weighted by Crippen LogP contribution is -2.28. The van der Waals surface area contributed by atoms with E-state index in [1.165, 1.54) is 18.2 Å². The van der Waals surface area contributed by atoms with Crippen LogP contribution in [0.3, 0.4) is 0 Å². The summed E-state index contributed by atoms with van der Waals surface area (Å²) in [5.41, 5.74) is 0.125. The largest absolute Gasteiger partial charge is 0.326 e. The molecule has 1 aliphatic heterocycles. The molecule has 104 valence electrons. The number of fused-ring (bicyclic) bond motifs is 1. The zero-order valence-corrected chi connectivity index (χ0v) is 10.0. The van der Waals surface area contributed by atoms with Crippen LogP contribution in [-0.4, -0.2) is 30.3 Å². The van der Waals surface area contributed by atoms with Crippen molar-refractivity contribution in [3.63, 3.8) is 0 Å². The third kappa shape index (κ3) is 3.57. The SMILES string of the molecule is [2H]C([2H])(CN(C([2H])([2H])C([2H])([2H])C([2H])([2H])[2H])C([2H])([2H])C([2H])([2H])C([2H])([2H])[2H])c1cccc2c1CC(=O)N2. The Bertz CT molecular complexity index is 943. The number of hydrogen-bond acceptors (Lipinski definition) is 2. The van der Waals surface area contributed by atoms with Crippen molar-refractivity contribution >= 4 is 11.6 Å². The monoisotopic (exact) mass is 276 g/mol. The molecule has 1 amide bonds. The van der Waals surface area contributed by atoms with Crippen LogP contribution in [0.25, 0.3) is 0 Å². The van der Waals surface area contributed by atoms with Gasteiger partial charge in [0.2, 0.25) is 5.91 Å². The van der Waals surface area contributed by atoms with Gasteiger partial charge in [-0.25, -0.2) is 0 Å². The molecule has 0 unspecified atom stereocenters. The van der Waals surface area contributed by atoms with Crippen LogP contribution in [-0.2, 0) is 17.6 Å². The van der Waals surface area contributed by atoms with Crippen LogP contribution in [0, 0.1) is 0 Å². The van der Waals surface area contributed by atoms with E-state index in [4.69, 9.17) is 21.9 Å². The number of nitrogens with one attached hydrogen (secondary N) is 1. The van der Waals surface area contributed by atoms with E-state index in [-0.39, 0.29) is 28.1 Å². The van der Waals surface area contributed by atoms with Gasteiger partial charge in [-0.05, 0) is 49.3 Å². The molecule has 0 aliphatic carbocycles. The van der Waals surface area contributed by atoms with Gasteiger partial charge in [0.25, 0.3) is 0 Å². The molecule has 1 aliphatic rings. The van der Waals surface area contributed by atoms with E-state index in [1.54, 1.807) is 0 Å². The van der Waals surface area contributed by atoms with Gasteiger partial charge in [-0.2, -0.15) is 0 Å². The van der Waals surface area contributed by atoms with Crippen molar-refractivity contribution in [1.82, 2.24) is 4.90 Å². The zero-order valence-electron chi connectivity index (χ0n) is 26.0. The van der Waals surface area contributed by atoms with Gasteiger partial charge in [0.15, 0.2) is 0 Å². The second-order valence-corrected chi connectivity index (χ2v) is 3.79. The number of anilines is 1. The third-order valence-corrected chi connectivity index (χ3v) is 2.60. The molecule has 3 nitrogen and oxygen atoms in total. The molecule has 1 heterocycles. The van der Waals surface area contributed by atoms with E-state index in [0.717, 1.165) is 0 Å². The van der Waals surface area contributed by atoms with Gasteiger partial charge < -0.3 is 10.2 Å². The van der Waals surface area contributed by atoms with Crippen molar-refractivity contribution in [1.29, 1.82) is 0 Å². The summed E-state index contributed by atoms with van der Waals surface area (Å²) in [4.78, 5) is 11.5. The predicted octanol–water partition coefficient (Wildman–Crippen LogP) is 2.85. The van der Waals surface area contributed by atoms with E-state index in [1.807, 2.05) is 0 Å². The summed E-state index contributed by atoms with van der Waals surface area (Å²) in [6, 6.07) is 4.00. The maximum Gasteiger partial charge on any atom is 0.228 e. The van der Waals surface area contributed by atoms with Crippen LogP contribution in [0.2, 0.25) is 0 Å². The molecule has 1 aromatic rings. The van der Waals surface area contributed by atoms with Crippen LogP contribution < -0.4 is 5.32 Å². The van der Waals surface area contributed by atoms with Crippen LogP contribution in [0.5, 0.6) is 0 Å². The van der Waals surface area contributed by atoms with Crippen LogP contribution in [0.15, 0.2) is 18.2 Å². The maximum atomic E-state index is 11.8. The molecule has 1 aromatic carbocycles. The van der Waals surface area contributed by atoms with Crippen molar-refractivity contribution in [3.8, 4) is 0 Å². The zero-order chi connectivity index (χ0) is 27.6. The minimum Gasteiger partial charge on any atom is -0.326 e. The first kappa shape index (κ1) is 4.08. The van der Waals surface area contributed by atoms with E-state index in [0.29, 0.717) is 0 Å². The Morgan fingerprint density at radius 3 is 2.89 bits per heavy atom. The quantitative estimate of drug-likeness (QED) is 0.830. The fraction of sp³-hybridized carbons (Fsp3) is 0.562. The number of carbonyl (C=O) groups is 1. The van der Waals surface area contributed by atoms with E-state index >= 15 is 0 Å². The predicted molar refractivity (Wildman–Crippen MR) is 79.5 cm³/mol. The lowest BCUT2D eigenvalue weighted by molar-refractivity contribution is -0.115. The number of amides is 1. The minimum atomic E-state index is -3.94. The van der Waals surface area contributed by atoms with Gasteiger partial charge >= 0.3 is 0 Å². The summed E-state index contributed by atoms with van der Waals surface area (Å²) >= 11 is 0. The second-order valence-electron chi connectivity index (χ2n) is 3.79. The van der Waals surface area contributed by atoms with Crippen molar-refractivity contribution in [2.75, 3.05) is 24.9 Å². The van der Waals surface area contributed by atoms with Gasteiger partial charge in [0.05, 0.1) is 6.42 Å². The Morgan fingerprint density at radius 2 is 2.16 bits per heavy atom. The fourth-order valence-corrected chi connectivity index (χ4v) is 1.82. The van der Waals surface area contributed by atoms with Gasteiger partial charge in [-0.15, -0.1) is 0 Å². The molecule has 0 saturated carbocycles. The Kier molecular flexibility index (Phi) is 1.44. The van der Waals surface area contributed by atoms with Crippen LogP contribution in [0.1, 0.15) is 59.5 Å². The molecule has 0 spiro atoms.